The van der Waals surface area contributed by atoms with E-state index >= 15 is 0 Å². The van der Waals surface area contributed by atoms with E-state index in [1.165, 1.54) is 6.07 Å². The Kier molecular flexibility index (Phi) is 5.15. The second kappa shape index (κ2) is 6.86. The number of aryl methyl sites for hydroxylation is 1. The zero-order valence-corrected chi connectivity index (χ0v) is 12.5. The van der Waals surface area contributed by atoms with Gasteiger partial charge in [-0.25, -0.2) is 4.39 Å². The Hall–Kier alpha value is -1.39. The molecule has 0 spiro atoms. The summed E-state index contributed by atoms with van der Waals surface area (Å²) in [5.41, 5.74) is 1.89. The Bertz CT molecular complexity index is 568. The summed E-state index contributed by atoms with van der Waals surface area (Å²) in [5, 5.41) is 7.86. The van der Waals surface area contributed by atoms with Gasteiger partial charge in [0.25, 0.3) is 0 Å². The average molecular weight is 296 g/mol. The van der Waals surface area contributed by atoms with Gasteiger partial charge in [0.1, 0.15) is 5.82 Å². The van der Waals surface area contributed by atoms with Crippen LogP contribution in [0.2, 0.25) is 5.02 Å². The molecule has 2 rings (SSSR count). The lowest BCUT2D eigenvalue weighted by atomic mass is 10.0. The van der Waals surface area contributed by atoms with Crippen molar-refractivity contribution in [1.29, 1.82) is 0 Å². The van der Waals surface area contributed by atoms with Crippen molar-refractivity contribution in [1.82, 2.24) is 15.1 Å². The summed E-state index contributed by atoms with van der Waals surface area (Å²) in [6.45, 7) is 3.01. The van der Waals surface area contributed by atoms with E-state index in [0.717, 1.165) is 24.1 Å². The molecule has 0 amide bonds. The summed E-state index contributed by atoms with van der Waals surface area (Å²) >= 11 is 6.04. The fourth-order valence-corrected chi connectivity index (χ4v) is 2.38. The molecule has 1 N–H and O–H groups in total. The lowest BCUT2D eigenvalue weighted by Crippen LogP contribution is -2.24. The Morgan fingerprint density at radius 1 is 1.45 bits per heavy atom. The maximum absolute atomic E-state index is 13.5. The predicted molar refractivity (Wildman–Crippen MR) is 79.4 cm³/mol. The number of benzene rings is 1. The van der Waals surface area contributed by atoms with Crippen molar-refractivity contribution in [3.8, 4) is 0 Å². The molecule has 0 aliphatic rings. The van der Waals surface area contributed by atoms with Crippen molar-refractivity contribution in [2.24, 2.45) is 7.05 Å². The number of hydrogen-bond donors (Lipinski definition) is 1. The normalized spacial score (nSPS) is 12.6. The number of rotatable bonds is 6. The van der Waals surface area contributed by atoms with E-state index in [1.54, 1.807) is 10.7 Å². The smallest absolute Gasteiger partial charge is 0.142 e. The first-order valence-electron chi connectivity index (χ1n) is 6.76. The number of hydrogen-bond acceptors (Lipinski definition) is 2. The van der Waals surface area contributed by atoms with Crippen molar-refractivity contribution in [2.75, 3.05) is 6.54 Å². The molecule has 1 aromatic heterocycles. The zero-order chi connectivity index (χ0) is 14.5. The third kappa shape index (κ3) is 3.58. The van der Waals surface area contributed by atoms with Gasteiger partial charge >= 0.3 is 0 Å². The number of halogens is 2. The molecule has 0 bridgehead atoms. The van der Waals surface area contributed by atoms with Gasteiger partial charge in [-0.1, -0.05) is 30.7 Å². The molecule has 20 heavy (non-hydrogen) atoms. The topological polar surface area (TPSA) is 29.9 Å². The molecule has 1 unspecified atom stereocenters. The van der Waals surface area contributed by atoms with E-state index in [4.69, 9.17) is 11.6 Å². The Morgan fingerprint density at radius 3 is 2.90 bits per heavy atom. The van der Waals surface area contributed by atoms with Crippen LogP contribution >= 0.6 is 11.6 Å². The van der Waals surface area contributed by atoms with Crippen molar-refractivity contribution in [2.45, 2.75) is 25.8 Å². The Morgan fingerprint density at radius 2 is 2.25 bits per heavy atom. The second-order valence-electron chi connectivity index (χ2n) is 4.87. The SMILES string of the molecule is CCCNC(Cc1cccc(F)c1Cl)c1cnn(C)c1. The molecule has 1 atom stereocenters. The standard InChI is InChI=1S/C15H19ClFN3/c1-3-7-18-14(12-9-19-20(2)10-12)8-11-5-4-6-13(17)15(11)16/h4-6,9-10,14,18H,3,7-8H2,1-2H3. The van der Waals surface area contributed by atoms with Gasteiger partial charge in [-0.2, -0.15) is 5.10 Å². The van der Waals surface area contributed by atoms with E-state index < -0.39 is 0 Å². The van der Waals surface area contributed by atoms with Crippen LogP contribution in [-0.4, -0.2) is 16.3 Å². The van der Waals surface area contributed by atoms with Crippen LogP contribution in [0.25, 0.3) is 0 Å². The molecule has 108 valence electrons. The first kappa shape index (κ1) is 15.0. The van der Waals surface area contributed by atoms with Crippen molar-refractivity contribution < 1.29 is 4.39 Å². The Labute approximate surface area is 123 Å². The summed E-state index contributed by atoms with van der Waals surface area (Å²) < 4.78 is 15.3. The van der Waals surface area contributed by atoms with Crippen molar-refractivity contribution >= 4 is 11.6 Å². The molecule has 1 aromatic carbocycles. The third-order valence-electron chi connectivity index (χ3n) is 3.22. The maximum Gasteiger partial charge on any atom is 0.142 e. The summed E-state index contributed by atoms with van der Waals surface area (Å²) in [6, 6.07) is 5.02. The van der Waals surface area contributed by atoms with Crippen LogP contribution in [0, 0.1) is 5.82 Å². The molecule has 0 aliphatic heterocycles. The van der Waals surface area contributed by atoms with E-state index in [2.05, 4.69) is 17.3 Å². The minimum Gasteiger partial charge on any atom is -0.310 e. The number of nitrogens with zero attached hydrogens (tertiary/aromatic N) is 2. The molecular weight excluding hydrogens is 277 g/mol. The lowest BCUT2D eigenvalue weighted by Gasteiger charge is -2.18. The molecule has 5 heteroatoms. The van der Waals surface area contributed by atoms with Crippen LogP contribution in [-0.2, 0) is 13.5 Å². The summed E-state index contributed by atoms with van der Waals surface area (Å²) in [5.74, 6) is -0.371. The van der Waals surface area contributed by atoms with Gasteiger partial charge in [-0.15, -0.1) is 0 Å². The highest BCUT2D eigenvalue weighted by atomic mass is 35.5. The quantitative estimate of drug-likeness (QED) is 0.884. The molecule has 3 nitrogen and oxygen atoms in total. The van der Waals surface area contributed by atoms with Gasteiger partial charge < -0.3 is 5.32 Å². The largest absolute Gasteiger partial charge is 0.310 e. The highest BCUT2D eigenvalue weighted by Gasteiger charge is 2.16. The van der Waals surface area contributed by atoms with E-state index in [1.807, 2.05) is 25.5 Å². The van der Waals surface area contributed by atoms with Crippen molar-refractivity contribution in [3.05, 3.63) is 52.6 Å². The monoisotopic (exact) mass is 295 g/mol. The molecule has 0 saturated heterocycles. The van der Waals surface area contributed by atoms with Crippen LogP contribution in [0.5, 0.6) is 0 Å². The van der Waals surface area contributed by atoms with Gasteiger partial charge in [-0.3, -0.25) is 4.68 Å². The molecule has 2 aromatic rings. The number of nitrogens with one attached hydrogen (secondary N) is 1. The zero-order valence-electron chi connectivity index (χ0n) is 11.7. The lowest BCUT2D eigenvalue weighted by molar-refractivity contribution is 0.527. The van der Waals surface area contributed by atoms with Crippen LogP contribution < -0.4 is 5.32 Å². The van der Waals surface area contributed by atoms with Crippen LogP contribution in [0.3, 0.4) is 0 Å². The van der Waals surface area contributed by atoms with Gasteiger partial charge in [-0.05, 0) is 31.0 Å². The van der Waals surface area contributed by atoms with Crippen LogP contribution in [0.15, 0.2) is 30.6 Å². The summed E-state index contributed by atoms with van der Waals surface area (Å²) in [7, 11) is 1.88. The highest BCUT2D eigenvalue weighted by Crippen LogP contribution is 2.25. The first-order valence-corrected chi connectivity index (χ1v) is 7.14. The molecular formula is C15H19ClFN3. The fourth-order valence-electron chi connectivity index (χ4n) is 2.17. The fraction of sp³-hybridized carbons (Fsp3) is 0.400. The van der Waals surface area contributed by atoms with Crippen LogP contribution in [0.4, 0.5) is 4.39 Å². The minimum atomic E-state index is -0.371. The molecule has 1 heterocycles. The molecule has 0 radical (unpaired) electrons. The third-order valence-corrected chi connectivity index (χ3v) is 3.65. The first-order chi connectivity index (χ1) is 9.61. The van der Waals surface area contributed by atoms with E-state index in [0.29, 0.717) is 6.42 Å². The molecule has 0 aliphatic carbocycles. The molecule has 0 fully saturated rings. The molecule has 0 saturated carbocycles. The van der Waals surface area contributed by atoms with Crippen LogP contribution in [0.1, 0.15) is 30.5 Å². The highest BCUT2D eigenvalue weighted by molar-refractivity contribution is 6.31. The summed E-state index contributed by atoms with van der Waals surface area (Å²) in [4.78, 5) is 0. The predicted octanol–water partition coefficient (Wildman–Crippen LogP) is 3.50. The van der Waals surface area contributed by atoms with Gasteiger partial charge in [0.2, 0.25) is 0 Å². The summed E-state index contributed by atoms with van der Waals surface area (Å²) in [6.07, 6.45) is 5.48. The van der Waals surface area contributed by atoms with E-state index in [9.17, 15) is 4.39 Å². The van der Waals surface area contributed by atoms with Crippen molar-refractivity contribution in [3.63, 3.8) is 0 Å². The average Bonchev–Trinajstić information content (AvgIpc) is 2.86. The van der Waals surface area contributed by atoms with Gasteiger partial charge in [0.05, 0.1) is 11.2 Å². The van der Waals surface area contributed by atoms with Gasteiger partial charge in [0, 0.05) is 24.8 Å². The second-order valence-corrected chi connectivity index (χ2v) is 5.25. The van der Waals surface area contributed by atoms with E-state index in [-0.39, 0.29) is 16.9 Å². The Balaban J connectivity index is 2.21. The minimum absolute atomic E-state index is 0.0861. The maximum atomic E-state index is 13.5. The van der Waals surface area contributed by atoms with Gasteiger partial charge in [0.15, 0.2) is 0 Å². The number of aromatic nitrogens is 2.